The molecule has 3 aromatic rings. The molecular formula is C19H21N7O. The molecule has 1 aromatic carbocycles. The molecular weight excluding hydrogens is 342 g/mol. The van der Waals surface area contributed by atoms with Crippen molar-refractivity contribution in [3.8, 4) is 0 Å². The molecule has 0 unspecified atom stereocenters. The number of para-hydroxylation sites is 2. The fourth-order valence-corrected chi connectivity index (χ4v) is 2.91. The molecule has 27 heavy (non-hydrogen) atoms. The molecule has 3 heterocycles. The van der Waals surface area contributed by atoms with E-state index in [0.29, 0.717) is 18.3 Å². The Morgan fingerprint density at radius 3 is 2.74 bits per heavy atom. The Morgan fingerprint density at radius 1 is 1.04 bits per heavy atom. The fraction of sp³-hybridized carbons (Fsp3) is 0.263. The van der Waals surface area contributed by atoms with Crippen molar-refractivity contribution in [1.82, 2.24) is 20.2 Å². The highest BCUT2D eigenvalue weighted by molar-refractivity contribution is 5.74. The van der Waals surface area contributed by atoms with Crippen molar-refractivity contribution >= 4 is 23.1 Å². The molecule has 0 saturated carbocycles. The maximum Gasteiger partial charge on any atom is 0.245 e. The van der Waals surface area contributed by atoms with Crippen LogP contribution >= 0.6 is 0 Å². The number of hydrogen-bond donors (Lipinski definition) is 2. The van der Waals surface area contributed by atoms with Crippen LogP contribution in [0.2, 0.25) is 0 Å². The van der Waals surface area contributed by atoms with Crippen molar-refractivity contribution in [3.05, 3.63) is 60.6 Å². The Labute approximate surface area is 157 Å². The van der Waals surface area contributed by atoms with Crippen LogP contribution in [0.25, 0.3) is 0 Å². The van der Waals surface area contributed by atoms with Crippen LogP contribution in [0.5, 0.6) is 0 Å². The Hall–Kier alpha value is -3.26. The summed E-state index contributed by atoms with van der Waals surface area (Å²) >= 11 is 0. The molecule has 1 aliphatic rings. The van der Waals surface area contributed by atoms with Gasteiger partial charge in [-0.25, -0.2) is 0 Å². The number of aromatic nitrogens is 4. The van der Waals surface area contributed by atoms with Crippen LogP contribution in [0.15, 0.2) is 54.9 Å². The lowest BCUT2D eigenvalue weighted by Gasteiger charge is -2.30. The van der Waals surface area contributed by atoms with Crippen LogP contribution in [0.1, 0.15) is 5.69 Å². The zero-order valence-electron chi connectivity index (χ0n) is 14.9. The summed E-state index contributed by atoms with van der Waals surface area (Å²) in [5.74, 6) is 1.09. The SMILES string of the molecule is c1ccc(CNc2nncc(Nc3ccccc3N3CCOCC3)n2)nc1. The highest BCUT2D eigenvalue weighted by Gasteiger charge is 2.15. The fourth-order valence-electron chi connectivity index (χ4n) is 2.91. The number of morpholine rings is 1. The van der Waals surface area contributed by atoms with E-state index in [-0.39, 0.29) is 0 Å². The van der Waals surface area contributed by atoms with Crippen LogP contribution in [0, 0.1) is 0 Å². The second-order valence-corrected chi connectivity index (χ2v) is 6.08. The third-order valence-electron chi connectivity index (χ3n) is 4.23. The highest BCUT2D eigenvalue weighted by Crippen LogP contribution is 2.28. The third kappa shape index (κ3) is 4.48. The van der Waals surface area contributed by atoms with Gasteiger partial charge < -0.3 is 20.3 Å². The quantitative estimate of drug-likeness (QED) is 0.690. The van der Waals surface area contributed by atoms with E-state index >= 15 is 0 Å². The number of pyridine rings is 1. The molecule has 1 saturated heterocycles. The van der Waals surface area contributed by atoms with Gasteiger partial charge in [-0.3, -0.25) is 4.98 Å². The van der Waals surface area contributed by atoms with Crippen LogP contribution < -0.4 is 15.5 Å². The lowest BCUT2D eigenvalue weighted by atomic mass is 10.2. The number of anilines is 4. The predicted octanol–water partition coefficient (Wildman–Crippen LogP) is 2.46. The minimum Gasteiger partial charge on any atom is -0.378 e. The molecule has 0 bridgehead atoms. The van der Waals surface area contributed by atoms with Gasteiger partial charge in [-0.2, -0.15) is 10.1 Å². The van der Waals surface area contributed by atoms with Crippen molar-refractivity contribution in [1.29, 1.82) is 0 Å². The van der Waals surface area contributed by atoms with Gasteiger partial charge in [0.25, 0.3) is 0 Å². The number of nitrogens with one attached hydrogen (secondary N) is 2. The lowest BCUT2D eigenvalue weighted by molar-refractivity contribution is 0.123. The Kier molecular flexibility index (Phi) is 5.35. The minimum atomic E-state index is 0.453. The van der Waals surface area contributed by atoms with E-state index in [4.69, 9.17) is 4.74 Å². The molecule has 0 aliphatic carbocycles. The lowest BCUT2D eigenvalue weighted by Crippen LogP contribution is -2.36. The summed E-state index contributed by atoms with van der Waals surface area (Å²) in [6.07, 6.45) is 3.37. The number of rotatable bonds is 6. The largest absolute Gasteiger partial charge is 0.378 e. The summed E-state index contributed by atoms with van der Waals surface area (Å²) in [4.78, 5) is 11.1. The maximum absolute atomic E-state index is 5.45. The monoisotopic (exact) mass is 363 g/mol. The number of nitrogens with zero attached hydrogens (tertiary/aromatic N) is 5. The van der Waals surface area contributed by atoms with E-state index in [1.54, 1.807) is 12.4 Å². The average Bonchev–Trinajstić information content (AvgIpc) is 2.74. The van der Waals surface area contributed by atoms with Crippen LogP contribution in [0.3, 0.4) is 0 Å². The van der Waals surface area contributed by atoms with Gasteiger partial charge in [0, 0.05) is 19.3 Å². The molecule has 8 nitrogen and oxygen atoms in total. The normalized spacial score (nSPS) is 14.0. The van der Waals surface area contributed by atoms with Gasteiger partial charge in [-0.05, 0) is 24.3 Å². The van der Waals surface area contributed by atoms with Crippen LogP contribution in [0.4, 0.5) is 23.1 Å². The third-order valence-corrected chi connectivity index (χ3v) is 4.23. The van der Waals surface area contributed by atoms with Gasteiger partial charge in [0.2, 0.25) is 5.95 Å². The number of benzene rings is 1. The zero-order chi connectivity index (χ0) is 18.3. The molecule has 2 N–H and O–H groups in total. The van der Waals surface area contributed by atoms with Crippen LogP contribution in [-0.2, 0) is 11.3 Å². The molecule has 2 aromatic heterocycles. The van der Waals surface area contributed by atoms with Gasteiger partial charge in [-0.1, -0.05) is 18.2 Å². The summed E-state index contributed by atoms with van der Waals surface area (Å²) in [5, 5.41) is 14.6. The molecule has 0 amide bonds. The molecule has 8 heteroatoms. The summed E-state index contributed by atoms with van der Waals surface area (Å²) in [7, 11) is 0. The van der Waals surface area contributed by atoms with E-state index in [1.807, 2.05) is 36.4 Å². The van der Waals surface area contributed by atoms with Crippen molar-refractivity contribution in [2.75, 3.05) is 41.8 Å². The second-order valence-electron chi connectivity index (χ2n) is 6.08. The van der Waals surface area contributed by atoms with Crippen LogP contribution in [-0.4, -0.2) is 46.5 Å². The van der Waals surface area contributed by atoms with Crippen molar-refractivity contribution < 1.29 is 4.74 Å². The van der Waals surface area contributed by atoms with Gasteiger partial charge in [0.1, 0.15) is 0 Å². The first-order valence-corrected chi connectivity index (χ1v) is 8.91. The molecule has 0 spiro atoms. The molecule has 4 rings (SSSR count). The maximum atomic E-state index is 5.45. The highest BCUT2D eigenvalue weighted by atomic mass is 16.5. The van der Waals surface area contributed by atoms with E-state index < -0.39 is 0 Å². The second kappa shape index (κ2) is 8.41. The Morgan fingerprint density at radius 2 is 1.89 bits per heavy atom. The average molecular weight is 363 g/mol. The summed E-state index contributed by atoms with van der Waals surface area (Å²) in [6.45, 7) is 3.77. The first kappa shape index (κ1) is 17.2. The number of hydrogen-bond acceptors (Lipinski definition) is 8. The van der Waals surface area contributed by atoms with E-state index in [1.165, 1.54) is 0 Å². The van der Waals surface area contributed by atoms with E-state index in [9.17, 15) is 0 Å². The first-order valence-electron chi connectivity index (χ1n) is 8.91. The van der Waals surface area contributed by atoms with Crippen molar-refractivity contribution in [2.45, 2.75) is 6.54 Å². The number of ether oxygens (including phenoxy) is 1. The molecule has 1 aliphatic heterocycles. The van der Waals surface area contributed by atoms with Gasteiger partial charge in [0.15, 0.2) is 5.82 Å². The zero-order valence-corrected chi connectivity index (χ0v) is 14.9. The van der Waals surface area contributed by atoms with E-state index in [2.05, 4.69) is 41.8 Å². The molecule has 0 atom stereocenters. The first-order chi connectivity index (χ1) is 13.4. The van der Waals surface area contributed by atoms with Crippen molar-refractivity contribution in [2.24, 2.45) is 0 Å². The summed E-state index contributed by atoms with van der Waals surface area (Å²) < 4.78 is 5.45. The molecule has 0 radical (unpaired) electrons. The summed E-state index contributed by atoms with van der Waals surface area (Å²) in [6, 6.07) is 14.0. The Balaban J connectivity index is 1.47. The van der Waals surface area contributed by atoms with Gasteiger partial charge in [-0.15, -0.1) is 5.10 Å². The molecule has 138 valence electrons. The Bertz CT molecular complexity index is 869. The van der Waals surface area contributed by atoms with Crippen molar-refractivity contribution in [3.63, 3.8) is 0 Å². The van der Waals surface area contributed by atoms with E-state index in [0.717, 1.165) is 43.4 Å². The van der Waals surface area contributed by atoms with Gasteiger partial charge >= 0.3 is 0 Å². The topological polar surface area (TPSA) is 88.1 Å². The summed E-state index contributed by atoms with van der Waals surface area (Å²) in [5.41, 5.74) is 3.02. The predicted molar refractivity (Wildman–Crippen MR) is 104 cm³/mol. The smallest absolute Gasteiger partial charge is 0.245 e. The van der Waals surface area contributed by atoms with Gasteiger partial charge in [0.05, 0.1) is 43.0 Å². The molecule has 1 fully saturated rings. The minimum absolute atomic E-state index is 0.453. The standard InChI is InChI=1S/C19H21N7O/c1-2-7-17(26-9-11-27-12-10-26)16(6-1)23-18-14-22-25-19(24-18)21-13-15-5-3-4-8-20-15/h1-8,14H,9-13H2,(H2,21,23,24,25).